The van der Waals surface area contributed by atoms with Gasteiger partial charge in [0.25, 0.3) is 0 Å². The summed E-state index contributed by atoms with van der Waals surface area (Å²) in [6.45, 7) is -0.500. The van der Waals surface area contributed by atoms with Gasteiger partial charge in [0.15, 0.2) is 0 Å². The average molecular weight is 232 g/mol. The van der Waals surface area contributed by atoms with Gasteiger partial charge in [0.1, 0.15) is 0 Å². The molecule has 0 atom stereocenters. The predicted molar refractivity (Wildman–Crippen MR) is 51.0 cm³/mol. The number of carbonyl (C=O) groups is 1. The van der Waals surface area contributed by atoms with Gasteiger partial charge in [-0.15, -0.1) is 0 Å². The van der Waals surface area contributed by atoms with Gasteiger partial charge < -0.3 is 9.90 Å². The molecule has 0 aliphatic heterocycles. The van der Waals surface area contributed by atoms with Crippen LogP contribution >= 0.6 is 0 Å². The van der Waals surface area contributed by atoms with E-state index in [1.807, 2.05) is 30.3 Å². The van der Waals surface area contributed by atoms with Crippen molar-refractivity contribution in [1.82, 2.24) is 0 Å². The van der Waals surface area contributed by atoms with Crippen molar-refractivity contribution < 1.29 is 27.0 Å². The molecule has 1 aliphatic rings. The van der Waals surface area contributed by atoms with E-state index < -0.39 is 6.47 Å². The van der Waals surface area contributed by atoms with Gasteiger partial charge in [-0.2, -0.15) is 18.2 Å². The summed E-state index contributed by atoms with van der Waals surface area (Å²) in [5, 5.41) is 8.25. The van der Waals surface area contributed by atoms with Gasteiger partial charge in [0.2, 0.25) is 0 Å². The Morgan fingerprint density at radius 1 is 1.14 bits per heavy atom. The maximum atomic E-state index is 8.25. The summed E-state index contributed by atoms with van der Waals surface area (Å²) in [6.07, 6.45) is 9.50. The van der Waals surface area contributed by atoms with Crippen LogP contribution in [0.15, 0.2) is 54.6 Å². The van der Waals surface area contributed by atoms with E-state index in [0.29, 0.717) is 0 Å². The zero-order valence-electron chi connectivity index (χ0n) is 7.65. The minimum atomic E-state index is -0.500. The molecule has 0 fully saturated rings. The molecule has 14 heavy (non-hydrogen) atoms. The second-order valence-electron chi connectivity index (χ2n) is 2.15. The third kappa shape index (κ3) is 13.4. The molecular weight excluding hydrogens is 220 g/mol. The summed E-state index contributed by atoms with van der Waals surface area (Å²) in [7, 11) is 0. The Morgan fingerprint density at radius 3 is 1.71 bits per heavy atom. The summed E-state index contributed by atoms with van der Waals surface area (Å²) in [5.74, 6) is 0. The maximum absolute atomic E-state index is 8.25. The Hall–Kier alpha value is -1.18. The normalized spacial score (nSPS) is 10.0. The fourth-order valence-corrected chi connectivity index (χ4v) is 0.714. The molecule has 0 amide bonds. The molecule has 0 unspecified atom stereocenters. The Kier molecular flexibility index (Phi) is 15.7. The Balaban J connectivity index is 0. The van der Waals surface area contributed by atoms with Crippen LogP contribution in [0.1, 0.15) is 6.42 Å². The Bertz CT molecular complexity index is 211. The SMILES string of the molecule is C1=CCC=C1.O=C[O-].[Fe+2].c1cc[cH-]c1. The van der Waals surface area contributed by atoms with E-state index in [1.165, 1.54) is 0 Å². The van der Waals surface area contributed by atoms with Crippen molar-refractivity contribution in [2.24, 2.45) is 0 Å². The van der Waals surface area contributed by atoms with Crippen molar-refractivity contribution in [1.29, 1.82) is 0 Å². The third-order valence-electron chi connectivity index (χ3n) is 1.21. The molecule has 0 aromatic heterocycles. The van der Waals surface area contributed by atoms with Crippen LogP contribution in [0.3, 0.4) is 0 Å². The van der Waals surface area contributed by atoms with Crippen LogP contribution < -0.4 is 5.11 Å². The zero-order chi connectivity index (χ0) is 9.78. The molecule has 1 aliphatic carbocycles. The molecule has 3 heteroatoms. The number of hydrogen-bond acceptors (Lipinski definition) is 2. The molecule has 0 saturated carbocycles. The predicted octanol–water partition coefficient (Wildman–Crippen LogP) is 1.27. The molecular formula is C11H12FeO2. The largest absolute Gasteiger partial charge is 2.00 e. The number of carbonyl (C=O) groups excluding carboxylic acids is 1. The van der Waals surface area contributed by atoms with E-state index in [2.05, 4.69) is 24.3 Å². The first-order valence-electron chi connectivity index (χ1n) is 3.95. The number of hydrogen-bond donors (Lipinski definition) is 0. The molecule has 1 aromatic carbocycles. The summed E-state index contributed by atoms with van der Waals surface area (Å²) in [6, 6.07) is 10.0. The first kappa shape index (κ1) is 15.3. The van der Waals surface area contributed by atoms with E-state index in [4.69, 9.17) is 9.90 Å². The van der Waals surface area contributed by atoms with E-state index in [9.17, 15) is 0 Å². The number of allylic oxidation sites excluding steroid dienone is 4. The van der Waals surface area contributed by atoms with E-state index in [0.717, 1.165) is 6.42 Å². The van der Waals surface area contributed by atoms with Gasteiger partial charge in [-0.25, -0.2) is 12.1 Å². The zero-order valence-corrected chi connectivity index (χ0v) is 8.75. The van der Waals surface area contributed by atoms with Crippen LogP contribution in [0.2, 0.25) is 0 Å². The minimum absolute atomic E-state index is 0. The summed E-state index contributed by atoms with van der Waals surface area (Å²) < 4.78 is 0. The Labute approximate surface area is 94.8 Å². The molecule has 0 spiro atoms. The van der Waals surface area contributed by atoms with Crippen molar-refractivity contribution in [3.8, 4) is 0 Å². The van der Waals surface area contributed by atoms with Crippen molar-refractivity contribution in [3.05, 3.63) is 54.6 Å². The third-order valence-corrected chi connectivity index (χ3v) is 1.21. The van der Waals surface area contributed by atoms with Gasteiger partial charge in [0.05, 0.1) is 0 Å². The second-order valence-corrected chi connectivity index (χ2v) is 2.15. The number of rotatable bonds is 0. The average Bonchev–Trinajstić information content (AvgIpc) is 2.85. The summed E-state index contributed by atoms with van der Waals surface area (Å²) in [5.41, 5.74) is 0. The van der Waals surface area contributed by atoms with Crippen LogP contribution in [0.5, 0.6) is 0 Å². The first-order chi connectivity index (χ1) is 6.41. The van der Waals surface area contributed by atoms with Crippen molar-refractivity contribution in [2.45, 2.75) is 6.42 Å². The molecule has 76 valence electrons. The minimum Gasteiger partial charge on any atom is -0.554 e. The molecule has 0 saturated heterocycles. The second kappa shape index (κ2) is 14.3. The molecule has 0 N–H and O–H groups in total. The number of carboxylic acid groups (broad SMARTS) is 1. The monoisotopic (exact) mass is 232 g/mol. The van der Waals surface area contributed by atoms with Crippen LogP contribution in [0, 0.1) is 0 Å². The molecule has 2 nitrogen and oxygen atoms in total. The van der Waals surface area contributed by atoms with Crippen LogP contribution in [-0.2, 0) is 21.9 Å². The van der Waals surface area contributed by atoms with Gasteiger partial charge in [-0.05, 0) is 6.42 Å². The quantitative estimate of drug-likeness (QED) is 0.384. The fraction of sp³-hybridized carbons (Fsp3) is 0.0909. The summed E-state index contributed by atoms with van der Waals surface area (Å²) >= 11 is 0. The van der Waals surface area contributed by atoms with Gasteiger partial charge in [0, 0.05) is 6.47 Å². The fourth-order valence-electron chi connectivity index (χ4n) is 0.714. The molecule has 0 heterocycles. The standard InChI is InChI=1S/C5H6.C5H5.CH2O2.Fe/c2*1-2-4-5-3-1;2-1-3;/h1-4H,5H2;1-5H;1H,(H,2,3);/q;-1;;+2/p-1. The van der Waals surface area contributed by atoms with E-state index >= 15 is 0 Å². The molecule has 2 rings (SSSR count). The van der Waals surface area contributed by atoms with E-state index in [1.54, 1.807) is 0 Å². The van der Waals surface area contributed by atoms with Crippen LogP contribution in [-0.4, -0.2) is 6.47 Å². The van der Waals surface area contributed by atoms with Crippen LogP contribution in [0.25, 0.3) is 0 Å². The van der Waals surface area contributed by atoms with Gasteiger partial charge in [-0.1, -0.05) is 24.3 Å². The molecule has 0 bridgehead atoms. The van der Waals surface area contributed by atoms with Gasteiger partial charge in [-0.3, -0.25) is 0 Å². The smallest absolute Gasteiger partial charge is 0.554 e. The maximum Gasteiger partial charge on any atom is 2.00 e. The van der Waals surface area contributed by atoms with E-state index in [-0.39, 0.29) is 17.1 Å². The van der Waals surface area contributed by atoms with Gasteiger partial charge >= 0.3 is 17.1 Å². The van der Waals surface area contributed by atoms with Crippen molar-refractivity contribution >= 4 is 6.47 Å². The summed E-state index contributed by atoms with van der Waals surface area (Å²) in [4.78, 5) is 8.25. The topological polar surface area (TPSA) is 40.1 Å². The molecule has 1 aromatic rings. The van der Waals surface area contributed by atoms with Crippen LogP contribution in [0.4, 0.5) is 0 Å². The van der Waals surface area contributed by atoms with Crippen molar-refractivity contribution in [2.75, 3.05) is 0 Å². The van der Waals surface area contributed by atoms with Crippen molar-refractivity contribution in [3.63, 3.8) is 0 Å². The first-order valence-corrected chi connectivity index (χ1v) is 3.95. The molecule has 0 radical (unpaired) electrons. The Morgan fingerprint density at radius 2 is 1.57 bits per heavy atom.